The molecule has 0 radical (unpaired) electrons. The van der Waals surface area contributed by atoms with Crippen LogP contribution in [0.25, 0.3) is 10.2 Å². The maximum absolute atomic E-state index is 12.5. The number of carbonyl (C=O) groups is 1. The first-order chi connectivity index (χ1) is 12.2. The quantitative estimate of drug-likeness (QED) is 0.744. The van der Waals surface area contributed by atoms with Gasteiger partial charge in [-0.25, -0.2) is 4.98 Å². The van der Waals surface area contributed by atoms with Gasteiger partial charge in [0.15, 0.2) is 5.13 Å². The summed E-state index contributed by atoms with van der Waals surface area (Å²) in [5, 5.41) is 10.1. The van der Waals surface area contributed by atoms with Crippen molar-refractivity contribution in [3.05, 3.63) is 48.0 Å². The summed E-state index contributed by atoms with van der Waals surface area (Å²) in [6.45, 7) is 2.56. The molecule has 0 saturated carbocycles. The molecule has 1 fully saturated rings. The van der Waals surface area contributed by atoms with Crippen molar-refractivity contribution in [2.24, 2.45) is 0 Å². The van der Waals surface area contributed by atoms with E-state index in [9.17, 15) is 9.90 Å². The fourth-order valence-corrected chi connectivity index (χ4v) is 5.03. The van der Waals surface area contributed by atoms with Crippen LogP contribution in [0.4, 0.5) is 5.13 Å². The fourth-order valence-electron chi connectivity index (χ4n) is 2.77. The van der Waals surface area contributed by atoms with Crippen molar-refractivity contribution in [3.63, 3.8) is 0 Å². The minimum atomic E-state index is -0.125. The van der Waals surface area contributed by atoms with Gasteiger partial charge in [0.05, 0.1) is 22.6 Å². The van der Waals surface area contributed by atoms with Crippen molar-refractivity contribution >= 4 is 44.4 Å². The van der Waals surface area contributed by atoms with Crippen LogP contribution in [-0.4, -0.2) is 28.4 Å². The molecule has 1 aliphatic heterocycles. The number of hydrogen-bond donors (Lipinski definition) is 1. The van der Waals surface area contributed by atoms with Gasteiger partial charge < -0.3 is 9.84 Å². The van der Waals surface area contributed by atoms with E-state index in [2.05, 4.69) is 4.98 Å². The van der Waals surface area contributed by atoms with Gasteiger partial charge in [-0.1, -0.05) is 23.5 Å². The number of nitrogens with zero attached hydrogens (tertiary/aromatic N) is 2. The molecule has 0 spiro atoms. The summed E-state index contributed by atoms with van der Waals surface area (Å²) < 4.78 is 6.54. The van der Waals surface area contributed by atoms with E-state index in [4.69, 9.17) is 4.74 Å². The van der Waals surface area contributed by atoms with E-state index in [1.807, 2.05) is 37.3 Å². The summed E-state index contributed by atoms with van der Waals surface area (Å²) in [6.07, 6.45) is 0. The van der Waals surface area contributed by atoms with Gasteiger partial charge in [-0.05, 0) is 42.8 Å². The number of aromatic nitrogens is 1. The predicted molar refractivity (Wildman–Crippen MR) is 102 cm³/mol. The fraction of sp³-hybridized carbons (Fsp3) is 0.222. The van der Waals surface area contributed by atoms with E-state index in [1.165, 1.54) is 11.3 Å². The molecular formula is C18H16N2O3S2. The van der Waals surface area contributed by atoms with E-state index in [1.54, 1.807) is 28.8 Å². The van der Waals surface area contributed by atoms with Crippen molar-refractivity contribution < 1.29 is 14.6 Å². The highest BCUT2D eigenvalue weighted by atomic mass is 32.2. The molecule has 5 nitrogen and oxygen atoms in total. The smallest absolute Gasteiger partial charge is 0.240 e. The van der Waals surface area contributed by atoms with Crippen molar-refractivity contribution in [3.8, 4) is 11.5 Å². The molecule has 3 aromatic rings. The van der Waals surface area contributed by atoms with Gasteiger partial charge >= 0.3 is 0 Å². The molecule has 1 aromatic heterocycles. The zero-order chi connectivity index (χ0) is 17.4. The Hall–Kier alpha value is -2.25. The third kappa shape index (κ3) is 3.05. The lowest BCUT2D eigenvalue weighted by Crippen LogP contribution is -2.27. The van der Waals surface area contributed by atoms with Gasteiger partial charge in [-0.2, -0.15) is 0 Å². The van der Waals surface area contributed by atoms with Gasteiger partial charge in [0, 0.05) is 0 Å². The predicted octanol–water partition coefficient (Wildman–Crippen LogP) is 4.18. The molecule has 25 heavy (non-hydrogen) atoms. The molecule has 128 valence electrons. The number of ether oxygens (including phenoxy) is 1. The molecule has 4 rings (SSSR count). The standard InChI is InChI=1S/C18H16N2O3S2/c1-2-23-13-7-8-14-15(9-13)25-18(19-14)20-16(22)10-24-17(20)11-3-5-12(21)6-4-11/h3-9,17,21H,2,10H2,1H3. The first-order valence-corrected chi connectivity index (χ1v) is 9.78. The number of phenols is 1. The second kappa shape index (κ2) is 6.57. The molecule has 1 unspecified atom stereocenters. The van der Waals surface area contributed by atoms with E-state index < -0.39 is 0 Å². The molecule has 1 aliphatic rings. The summed E-state index contributed by atoms with van der Waals surface area (Å²) in [5.74, 6) is 1.49. The van der Waals surface area contributed by atoms with Crippen LogP contribution in [0.3, 0.4) is 0 Å². The average Bonchev–Trinajstić information content (AvgIpc) is 3.18. The maximum atomic E-state index is 12.5. The van der Waals surface area contributed by atoms with E-state index in [0.717, 1.165) is 21.5 Å². The number of phenolic OH excluding ortho intramolecular Hbond substituents is 1. The molecule has 0 aliphatic carbocycles. The lowest BCUT2D eigenvalue weighted by Gasteiger charge is -2.21. The first kappa shape index (κ1) is 16.2. The lowest BCUT2D eigenvalue weighted by molar-refractivity contribution is -0.115. The Kier molecular flexibility index (Phi) is 4.27. The summed E-state index contributed by atoms with van der Waals surface area (Å²) >= 11 is 3.06. The van der Waals surface area contributed by atoms with Crippen LogP contribution in [0, 0.1) is 0 Å². The minimum absolute atomic E-state index is 0.0483. The van der Waals surface area contributed by atoms with Crippen molar-refractivity contribution in [2.75, 3.05) is 17.3 Å². The Balaban J connectivity index is 1.71. The van der Waals surface area contributed by atoms with Gasteiger partial charge in [0.2, 0.25) is 5.91 Å². The number of aromatic hydroxyl groups is 1. The molecule has 2 heterocycles. The Morgan fingerprint density at radius 1 is 1.28 bits per heavy atom. The van der Waals surface area contributed by atoms with Crippen LogP contribution in [0.1, 0.15) is 17.9 Å². The van der Waals surface area contributed by atoms with Crippen LogP contribution in [-0.2, 0) is 4.79 Å². The zero-order valence-corrected chi connectivity index (χ0v) is 15.1. The largest absolute Gasteiger partial charge is 0.508 e. The molecular weight excluding hydrogens is 356 g/mol. The van der Waals surface area contributed by atoms with Gasteiger partial charge in [-0.3, -0.25) is 9.69 Å². The third-order valence-corrected chi connectivity index (χ3v) is 6.14. The number of anilines is 1. The van der Waals surface area contributed by atoms with Crippen molar-refractivity contribution in [1.29, 1.82) is 0 Å². The molecule has 7 heteroatoms. The van der Waals surface area contributed by atoms with Gasteiger partial charge in [-0.15, -0.1) is 11.8 Å². The summed E-state index contributed by atoms with van der Waals surface area (Å²) in [4.78, 5) is 18.9. The summed E-state index contributed by atoms with van der Waals surface area (Å²) in [5.41, 5.74) is 1.83. The molecule has 1 saturated heterocycles. The second-order valence-corrected chi connectivity index (χ2v) is 7.66. The van der Waals surface area contributed by atoms with E-state index >= 15 is 0 Å². The van der Waals surface area contributed by atoms with Crippen LogP contribution in [0.5, 0.6) is 11.5 Å². The van der Waals surface area contributed by atoms with Crippen molar-refractivity contribution in [1.82, 2.24) is 4.98 Å². The Morgan fingerprint density at radius 2 is 2.08 bits per heavy atom. The highest BCUT2D eigenvalue weighted by Crippen LogP contribution is 2.44. The highest BCUT2D eigenvalue weighted by molar-refractivity contribution is 8.00. The monoisotopic (exact) mass is 372 g/mol. The van der Waals surface area contributed by atoms with Crippen LogP contribution in [0.2, 0.25) is 0 Å². The minimum Gasteiger partial charge on any atom is -0.508 e. The van der Waals surface area contributed by atoms with Crippen LogP contribution >= 0.6 is 23.1 Å². The lowest BCUT2D eigenvalue weighted by atomic mass is 10.2. The molecule has 2 aromatic carbocycles. The van der Waals surface area contributed by atoms with E-state index in [0.29, 0.717) is 17.5 Å². The van der Waals surface area contributed by atoms with E-state index in [-0.39, 0.29) is 17.0 Å². The maximum Gasteiger partial charge on any atom is 0.240 e. The normalized spacial score (nSPS) is 17.4. The second-order valence-electron chi connectivity index (χ2n) is 5.58. The number of hydrogen-bond acceptors (Lipinski definition) is 6. The van der Waals surface area contributed by atoms with Gasteiger partial charge in [0.1, 0.15) is 16.9 Å². The molecule has 1 N–H and O–H groups in total. The number of thiazole rings is 1. The number of fused-ring (bicyclic) bond motifs is 1. The first-order valence-electron chi connectivity index (χ1n) is 7.91. The molecule has 0 bridgehead atoms. The number of carbonyl (C=O) groups excluding carboxylic acids is 1. The number of amides is 1. The number of benzene rings is 2. The average molecular weight is 372 g/mol. The molecule has 1 atom stereocenters. The Morgan fingerprint density at radius 3 is 2.84 bits per heavy atom. The summed E-state index contributed by atoms with van der Waals surface area (Å²) in [6, 6.07) is 12.8. The highest BCUT2D eigenvalue weighted by Gasteiger charge is 2.36. The third-order valence-electron chi connectivity index (χ3n) is 3.91. The number of rotatable bonds is 4. The van der Waals surface area contributed by atoms with Crippen LogP contribution < -0.4 is 9.64 Å². The Bertz CT molecular complexity index is 924. The van der Waals surface area contributed by atoms with Crippen LogP contribution in [0.15, 0.2) is 42.5 Å². The number of thioether (sulfide) groups is 1. The SMILES string of the molecule is CCOc1ccc2nc(N3C(=O)CSC3c3ccc(O)cc3)sc2c1. The Labute approximate surface area is 153 Å². The zero-order valence-electron chi connectivity index (χ0n) is 13.5. The van der Waals surface area contributed by atoms with Crippen molar-refractivity contribution in [2.45, 2.75) is 12.3 Å². The topological polar surface area (TPSA) is 62.7 Å². The molecule has 1 amide bonds. The summed E-state index contributed by atoms with van der Waals surface area (Å²) in [7, 11) is 0. The van der Waals surface area contributed by atoms with Gasteiger partial charge in [0.25, 0.3) is 0 Å².